The van der Waals surface area contributed by atoms with E-state index < -0.39 is 0 Å². The molecule has 2 amide bonds. The Morgan fingerprint density at radius 3 is 2.70 bits per heavy atom. The summed E-state index contributed by atoms with van der Waals surface area (Å²) >= 11 is 0. The van der Waals surface area contributed by atoms with Crippen LogP contribution >= 0.6 is 0 Å². The summed E-state index contributed by atoms with van der Waals surface area (Å²) in [5, 5.41) is 2.92. The normalized spacial score (nSPS) is 20.9. The van der Waals surface area contributed by atoms with Gasteiger partial charge in [-0.25, -0.2) is 0 Å². The van der Waals surface area contributed by atoms with Crippen molar-refractivity contribution in [3.8, 4) is 0 Å². The molecule has 0 bridgehead atoms. The molecule has 1 heterocycles. The van der Waals surface area contributed by atoms with Crippen LogP contribution in [0.3, 0.4) is 0 Å². The van der Waals surface area contributed by atoms with Crippen molar-refractivity contribution in [2.75, 3.05) is 26.2 Å². The van der Waals surface area contributed by atoms with Gasteiger partial charge < -0.3 is 10.2 Å². The molecular weight excluding hydrogens is 338 g/mol. The van der Waals surface area contributed by atoms with Crippen molar-refractivity contribution in [2.45, 2.75) is 45.2 Å². The van der Waals surface area contributed by atoms with Crippen LogP contribution in [0.1, 0.15) is 38.7 Å². The van der Waals surface area contributed by atoms with Gasteiger partial charge in [0.05, 0.1) is 12.5 Å². The first-order valence-corrected chi connectivity index (χ1v) is 10.1. The second-order valence-electron chi connectivity index (χ2n) is 7.99. The van der Waals surface area contributed by atoms with Crippen molar-refractivity contribution in [3.63, 3.8) is 0 Å². The lowest BCUT2D eigenvalue weighted by molar-refractivity contribution is -0.139. The van der Waals surface area contributed by atoms with Crippen LogP contribution in [0.25, 0.3) is 6.08 Å². The van der Waals surface area contributed by atoms with Gasteiger partial charge in [0.15, 0.2) is 0 Å². The largest absolute Gasteiger partial charge is 0.353 e. The summed E-state index contributed by atoms with van der Waals surface area (Å²) in [6.45, 7) is 7.24. The van der Waals surface area contributed by atoms with Gasteiger partial charge in [-0.15, -0.1) is 0 Å². The number of benzene rings is 1. The van der Waals surface area contributed by atoms with Gasteiger partial charge in [-0.2, -0.15) is 0 Å². The fourth-order valence-electron chi connectivity index (χ4n) is 3.66. The van der Waals surface area contributed by atoms with Gasteiger partial charge in [0.1, 0.15) is 0 Å². The summed E-state index contributed by atoms with van der Waals surface area (Å²) in [7, 11) is 0. The molecular formula is C22H31N3O2. The maximum Gasteiger partial charge on any atom is 0.237 e. The SMILES string of the molecule is CC(C)CN1CCNC(=O)[C@H]1CC(=O)N(C/C=C/c1ccccc1)C1CC1. The molecule has 5 heteroatoms. The Kier molecular flexibility index (Phi) is 6.67. The van der Waals surface area contributed by atoms with Crippen molar-refractivity contribution in [1.82, 2.24) is 15.1 Å². The summed E-state index contributed by atoms with van der Waals surface area (Å²) in [6.07, 6.45) is 6.52. The van der Waals surface area contributed by atoms with E-state index in [1.807, 2.05) is 23.1 Å². The molecule has 1 N–H and O–H groups in total. The topological polar surface area (TPSA) is 52.7 Å². The Balaban J connectivity index is 1.62. The molecule has 3 rings (SSSR count). The standard InChI is InChI=1S/C22H31N3O2/c1-17(2)16-24-14-12-23-22(27)20(24)15-21(26)25(19-10-11-19)13-6-9-18-7-4-3-5-8-18/h3-9,17,19-20H,10-16H2,1-2H3,(H,23,27)/b9-6+/t20-/m1/s1. The van der Waals surface area contributed by atoms with Gasteiger partial charge in [0, 0.05) is 32.2 Å². The Labute approximate surface area is 162 Å². The average Bonchev–Trinajstić information content (AvgIpc) is 3.47. The number of carbonyl (C=O) groups is 2. The van der Waals surface area contributed by atoms with E-state index in [0.29, 0.717) is 25.0 Å². The van der Waals surface area contributed by atoms with Crippen molar-refractivity contribution in [1.29, 1.82) is 0 Å². The van der Waals surface area contributed by atoms with Crippen LogP contribution in [-0.4, -0.2) is 59.9 Å². The minimum Gasteiger partial charge on any atom is -0.353 e. The third kappa shape index (κ3) is 5.67. The second-order valence-corrected chi connectivity index (χ2v) is 7.99. The molecule has 1 saturated carbocycles. The van der Waals surface area contributed by atoms with Crippen LogP contribution in [-0.2, 0) is 9.59 Å². The number of nitrogens with zero attached hydrogens (tertiary/aromatic N) is 2. The molecule has 1 aliphatic carbocycles. The molecule has 1 aromatic rings. The zero-order valence-corrected chi connectivity index (χ0v) is 16.4. The van der Waals surface area contributed by atoms with E-state index in [2.05, 4.69) is 48.3 Å². The maximum absolute atomic E-state index is 13.0. The fourth-order valence-corrected chi connectivity index (χ4v) is 3.66. The lowest BCUT2D eigenvalue weighted by Gasteiger charge is -2.36. The van der Waals surface area contributed by atoms with Crippen LogP contribution in [0, 0.1) is 5.92 Å². The maximum atomic E-state index is 13.0. The van der Waals surface area contributed by atoms with E-state index in [9.17, 15) is 9.59 Å². The molecule has 1 saturated heterocycles. The summed E-state index contributed by atoms with van der Waals surface area (Å²) < 4.78 is 0. The molecule has 1 aromatic carbocycles. The predicted octanol–water partition coefficient (Wildman–Crippen LogP) is 2.54. The number of rotatable bonds is 8. The Hall–Kier alpha value is -2.14. The smallest absolute Gasteiger partial charge is 0.237 e. The number of nitrogens with one attached hydrogen (secondary N) is 1. The third-order valence-corrected chi connectivity index (χ3v) is 5.13. The Bertz CT molecular complexity index is 667. The number of amides is 2. The van der Waals surface area contributed by atoms with E-state index >= 15 is 0 Å². The summed E-state index contributed by atoms with van der Waals surface area (Å²) in [5.74, 6) is 0.554. The first-order valence-electron chi connectivity index (χ1n) is 10.1. The number of carbonyl (C=O) groups excluding carboxylic acids is 2. The summed E-state index contributed by atoms with van der Waals surface area (Å²) in [6, 6.07) is 10.1. The van der Waals surface area contributed by atoms with E-state index in [0.717, 1.165) is 31.5 Å². The van der Waals surface area contributed by atoms with Crippen molar-refractivity contribution in [3.05, 3.63) is 42.0 Å². The number of hydrogen-bond acceptors (Lipinski definition) is 3. The van der Waals surface area contributed by atoms with Gasteiger partial charge in [-0.1, -0.05) is 56.3 Å². The van der Waals surface area contributed by atoms with E-state index in [4.69, 9.17) is 0 Å². The average molecular weight is 370 g/mol. The molecule has 0 spiro atoms. The van der Waals surface area contributed by atoms with Crippen LogP contribution < -0.4 is 5.32 Å². The lowest BCUT2D eigenvalue weighted by Crippen LogP contribution is -2.57. The van der Waals surface area contributed by atoms with Crippen LogP contribution in [0.2, 0.25) is 0 Å². The first kappa shape index (κ1) is 19.6. The summed E-state index contributed by atoms with van der Waals surface area (Å²) in [4.78, 5) is 29.5. The second kappa shape index (κ2) is 9.18. The minimum absolute atomic E-state index is 0.00850. The Morgan fingerprint density at radius 2 is 2.04 bits per heavy atom. The number of piperazine rings is 1. The van der Waals surface area contributed by atoms with Crippen molar-refractivity contribution in [2.24, 2.45) is 5.92 Å². The molecule has 0 unspecified atom stereocenters. The molecule has 5 nitrogen and oxygen atoms in total. The van der Waals surface area contributed by atoms with E-state index in [-0.39, 0.29) is 24.3 Å². The molecule has 27 heavy (non-hydrogen) atoms. The lowest BCUT2D eigenvalue weighted by atomic mass is 10.1. The highest BCUT2D eigenvalue weighted by Gasteiger charge is 2.37. The quantitative estimate of drug-likeness (QED) is 0.766. The molecule has 0 aromatic heterocycles. The molecule has 0 radical (unpaired) electrons. The van der Waals surface area contributed by atoms with Crippen LogP contribution in [0.4, 0.5) is 0 Å². The summed E-state index contributed by atoms with van der Waals surface area (Å²) in [5.41, 5.74) is 1.13. The zero-order valence-electron chi connectivity index (χ0n) is 16.4. The first-order chi connectivity index (χ1) is 13.0. The van der Waals surface area contributed by atoms with Gasteiger partial charge >= 0.3 is 0 Å². The zero-order chi connectivity index (χ0) is 19.2. The van der Waals surface area contributed by atoms with Gasteiger partial charge in [-0.05, 0) is 24.3 Å². The molecule has 1 atom stereocenters. The van der Waals surface area contributed by atoms with E-state index in [1.165, 1.54) is 0 Å². The van der Waals surface area contributed by atoms with Gasteiger partial charge in [0.25, 0.3) is 0 Å². The molecule has 2 aliphatic rings. The molecule has 1 aliphatic heterocycles. The monoisotopic (exact) mass is 369 g/mol. The Morgan fingerprint density at radius 1 is 1.30 bits per heavy atom. The fraction of sp³-hybridized carbons (Fsp3) is 0.545. The number of hydrogen-bond donors (Lipinski definition) is 1. The van der Waals surface area contributed by atoms with Crippen molar-refractivity contribution >= 4 is 17.9 Å². The molecule has 2 fully saturated rings. The minimum atomic E-state index is -0.340. The van der Waals surface area contributed by atoms with Crippen LogP contribution in [0.15, 0.2) is 36.4 Å². The van der Waals surface area contributed by atoms with E-state index in [1.54, 1.807) is 0 Å². The van der Waals surface area contributed by atoms with Gasteiger partial charge in [0.2, 0.25) is 11.8 Å². The molecule has 146 valence electrons. The van der Waals surface area contributed by atoms with Gasteiger partial charge in [-0.3, -0.25) is 14.5 Å². The highest BCUT2D eigenvalue weighted by Crippen LogP contribution is 2.28. The highest BCUT2D eigenvalue weighted by atomic mass is 16.2. The third-order valence-electron chi connectivity index (χ3n) is 5.13. The van der Waals surface area contributed by atoms with Crippen LogP contribution in [0.5, 0.6) is 0 Å². The predicted molar refractivity (Wildman–Crippen MR) is 108 cm³/mol. The highest BCUT2D eigenvalue weighted by molar-refractivity contribution is 5.89. The van der Waals surface area contributed by atoms with Crippen molar-refractivity contribution < 1.29 is 9.59 Å².